The first-order chi connectivity index (χ1) is 12.6. The smallest absolute Gasteiger partial charge is 0.351 e. The Hall–Kier alpha value is -1.34. The van der Waals surface area contributed by atoms with E-state index >= 15 is 0 Å². The van der Waals surface area contributed by atoms with Crippen LogP contribution in [-0.2, 0) is 23.5 Å². The van der Waals surface area contributed by atoms with Crippen molar-refractivity contribution in [3.63, 3.8) is 0 Å². The van der Waals surface area contributed by atoms with Gasteiger partial charge in [0.05, 0.1) is 19.1 Å². The SMILES string of the molecule is CC(C)(C)[Si](C)(C)OC[C@@H]1O[C@H](n2cc(F)c(N)nc2=O)CC1OS(C)(=O)=O. The molecule has 1 unspecified atom stereocenters. The predicted molar refractivity (Wildman–Crippen MR) is 104 cm³/mol. The Morgan fingerprint density at radius 1 is 1.43 bits per heavy atom. The molecule has 1 aliphatic heterocycles. The summed E-state index contributed by atoms with van der Waals surface area (Å²) in [5.74, 6) is -1.38. The van der Waals surface area contributed by atoms with Gasteiger partial charge in [0.1, 0.15) is 18.4 Å². The number of rotatable bonds is 6. The maximum absolute atomic E-state index is 13.8. The summed E-state index contributed by atoms with van der Waals surface area (Å²) >= 11 is 0. The molecule has 9 nitrogen and oxygen atoms in total. The molecule has 1 aromatic heterocycles. The van der Waals surface area contributed by atoms with E-state index in [0.29, 0.717) is 0 Å². The Balaban J connectivity index is 2.25. The Morgan fingerprint density at radius 2 is 2.04 bits per heavy atom. The van der Waals surface area contributed by atoms with Crippen LogP contribution in [0.4, 0.5) is 10.2 Å². The van der Waals surface area contributed by atoms with Gasteiger partial charge in [0.15, 0.2) is 20.0 Å². The molecule has 0 saturated carbocycles. The lowest BCUT2D eigenvalue weighted by atomic mass is 10.2. The van der Waals surface area contributed by atoms with Gasteiger partial charge in [-0.3, -0.25) is 8.75 Å². The average molecular weight is 438 g/mol. The van der Waals surface area contributed by atoms with Crippen molar-refractivity contribution in [2.24, 2.45) is 0 Å². The fourth-order valence-corrected chi connectivity index (χ4v) is 4.18. The van der Waals surface area contributed by atoms with Gasteiger partial charge in [0.2, 0.25) is 0 Å². The molecule has 1 fully saturated rings. The van der Waals surface area contributed by atoms with Gasteiger partial charge in [0, 0.05) is 6.42 Å². The van der Waals surface area contributed by atoms with Gasteiger partial charge < -0.3 is 14.9 Å². The van der Waals surface area contributed by atoms with Crippen molar-refractivity contribution < 1.29 is 26.2 Å². The summed E-state index contributed by atoms with van der Waals surface area (Å²) in [6.07, 6.45) is -0.732. The summed E-state index contributed by atoms with van der Waals surface area (Å²) in [5, 5.41) is -0.0564. The molecule has 12 heteroatoms. The second-order valence-electron chi connectivity index (χ2n) is 8.44. The highest BCUT2D eigenvalue weighted by atomic mass is 32.2. The minimum atomic E-state index is -3.77. The van der Waals surface area contributed by atoms with E-state index in [2.05, 4.69) is 38.8 Å². The Morgan fingerprint density at radius 3 is 2.57 bits per heavy atom. The van der Waals surface area contributed by atoms with Crippen LogP contribution in [-0.4, -0.2) is 51.4 Å². The summed E-state index contributed by atoms with van der Waals surface area (Å²) in [4.78, 5) is 15.5. The molecule has 2 N–H and O–H groups in total. The molecule has 2 rings (SSSR count). The van der Waals surface area contributed by atoms with Crippen LogP contribution >= 0.6 is 0 Å². The van der Waals surface area contributed by atoms with E-state index in [4.69, 9.17) is 19.1 Å². The fourth-order valence-electron chi connectivity index (χ4n) is 2.52. The number of hydrogen-bond acceptors (Lipinski definition) is 8. The molecule has 160 valence electrons. The minimum absolute atomic E-state index is 0.0174. The zero-order valence-corrected chi connectivity index (χ0v) is 18.7. The van der Waals surface area contributed by atoms with E-state index in [1.807, 2.05) is 0 Å². The molecule has 0 aliphatic carbocycles. The van der Waals surface area contributed by atoms with E-state index in [1.54, 1.807) is 0 Å². The topological polar surface area (TPSA) is 123 Å². The largest absolute Gasteiger partial charge is 0.414 e. The number of nitrogen functional groups attached to an aromatic ring is 1. The van der Waals surface area contributed by atoms with Gasteiger partial charge in [-0.1, -0.05) is 20.8 Å². The number of aromatic nitrogens is 2. The monoisotopic (exact) mass is 437 g/mol. The normalized spacial score (nSPS) is 23.9. The first kappa shape index (κ1) is 22.9. The van der Waals surface area contributed by atoms with Gasteiger partial charge in [0.25, 0.3) is 10.1 Å². The Labute approximate surface area is 165 Å². The van der Waals surface area contributed by atoms with Gasteiger partial charge in [-0.05, 0) is 18.1 Å². The van der Waals surface area contributed by atoms with Crippen LogP contribution in [0.5, 0.6) is 0 Å². The predicted octanol–water partition coefficient (Wildman–Crippen LogP) is 1.62. The van der Waals surface area contributed by atoms with Gasteiger partial charge in [-0.2, -0.15) is 13.4 Å². The number of nitrogens with zero attached hydrogens (tertiary/aromatic N) is 2. The van der Waals surface area contributed by atoms with E-state index in [0.717, 1.165) is 17.0 Å². The number of nitrogens with two attached hydrogens (primary N) is 1. The summed E-state index contributed by atoms with van der Waals surface area (Å²) in [6, 6.07) is 0. The van der Waals surface area contributed by atoms with E-state index < -0.39 is 54.2 Å². The number of hydrogen-bond donors (Lipinski definition) is 1. The zero-order chi connectivity index (χ0) is 21.5. The van der Waals surface area contributed by atoms with Crippen LogP contribution in [0.15, 0.2) is 11.0 Å². The molecule has 2 heterocycles. The quantitative estimate of drug-likeness (QED) is 0.526. The van der Waals surface area contributed by atoms with Crippen LogP contribution in [0, 0.1) is 5.82 Å². The van der Waals surface area contributed by atoms with E-state index in [1.165, 1.54) is 0 Å². The molecule has 0 spiro atoms. The van der Waals surface area contributed by atoms with Crippen molar-refractivity contribution in [2.45, 2.75) is 63.8 Å². The van der Waals surface area contributed by atoms with Gasteiger partial charge >= 0.3 is 5.69 Å². The average Bonchev–Trinajstić information content (AvgIpc) is 2.88. The van der Waals surface area contributed by atoms with E-state index in [9.17, 15) is 17.6 Å². The first-order valence-electron chi connectivity index (χ1n) is 8.82. The van der Waals surface area contributed by atoms with Crippen molar-refractivity contribution in [3.8, 4) is 0 Å². The summed E-state index contributed by atoms with van der Waals surface area (Å²) in [6.45, 7) is 10.4. The minimum Gasteiger partial charge on any atom is -0.414 e. The van der Waals surface area contributed by atoms with Crippen molar-refractivity contribution in [3.05, 3.63) is 22.5 Å². The molecular formula is C16H28FN3O6SSi. The molecule has 3 atom stereocenters. The highest BCUT2D eigenvalue weighted by Gasteiger charge is 2.43. The number of ether oxygens (including phenoxy) is 1. The molecule has 0 bridgehead atoms. The van der Waals surface area contributed by atoms with Crippen molar-refractivity contribution >= 4 is 24.3 Å². The lowest BCUT2D eigenvalue weighted by Crippen LogP contribution is -2.44. The van der Waals surface area contributed by atoms with Crippen LogP contribution in [0.3, 0.4) is 0 Å². The summed E-state index contributed by atoms with van der Waals surface area (Å²) < 4.78 is 55.0. The van der Waals surface area contributed by atoms with Crippen molar-refractivity contribution in [1.82, 2.24) is 9.55 Å². The molecule has 0 amide bonds. The second kappa shape index (κ2) is 7.82. The van der Waals surface area contributed by atoms with Gasteiger partial charge in [-0.25, -0.2) is 9.18 Å². The molecule has 0 radical (unpaired) electrons. The second-order valence-corrected chi connectivity index (χ2v) is 14.8. The summed E-state index contributed by atoms with van der Waals surface area (Å²) in [5.41, 5.74) is 4.50. The molecule has 1 saturated heterocycles. The Bertz CT molecular complexity index is 883. The molecule has 1 aromatic rings. The van der Waals surface area contributed by atoms with Gasteiger partial charge in [-0.15, -0.1) is 0 Å². The van der Waals surface area contributed by atoms with Crippen molar-refractivity contribution in [2.75, 3.05) is 18.6 Å². The van der Waals surface area contributed by atoms with Crippen LogP contribution in [0.2, 0.25) is 18.1 Å². The fraction of sp³-hybridized carbons (Fsp3) is 0.750. The molecule has 0 aromatic carbocycles. The van der Waals surface area contributed by atoms with Crippen LogP contribution < -0.4 is 11.4 Å². The third kappa shape index (κ3) is 5.38. The molecular weight excluding hydrogens is 409 g/mol. The van der Waals surface area contributed by atoms with Crippen molar-refractivity contribution in [1.29, 1.82) is 0 Å². The maximum atomic E-state index is 13.8. The van der Waals surface area contributed by atoms with Crippen LogP contribution in [0.1, 0.15) is 33.4 Å². The third-order valence-corrected chi connectivity index (χ3v) is 10.2. The lowest BCUT2D eigenvalue weighted by molar-refractivity contribution is -0.0389. The molecule has 28 heavy (non-hydrogen) atoms. The van der Waals surface area contributed by atoms with E-state index in [-0.39, 0.29) is 18.1 Å². The maximum Gasteiger partial charge on any atom is 0.351 e. The highest BCUT2D eigenvalue weighted by Crippen LogP contribution is 2.38. The Kier molecular flexibility index (Phi) is 6.41. The lowest BCUT2D eigenvalue weighted by Gasteiger charge is -2.37. The molecule has 1 aliphatic rings. The highest BCUT2D eigenvalue weighted by molar-refractivity contribution is 7.86. The zero-order valence-electron chi connectivity index (χ0n) is 16.9. The number of halogens is 1. The standard InChI is InChI=1S/C16H28FN3O6SSi/c1-16(2,3)28(5,6)24-9-12-11(26-27(4,22)23)7-13(25-12)20-8-10(17)14(18)19-15(20)21/h8,11-13H,7,9H2,1-6H3,(H2,18,19,21)/t11?,12-,13-/m0/s1. The third-order valence-electron chi connectivity index (χ3n) is 5.14. The summed E-state index contributed by atoms with van der Waals surface area (Å²) in [7, 11) is -5.91. The first-order valence-corrected chi connectivity index (χ1v) is 13.5. The number of anilines is 1. The van der Waals surface area contributed by atoms with Crippen LogP contribution in [0.25, 0.3) is 0 Å².